The summed E-state index contributed by atoms with van der Waals surface area (Å²) in [5.74, 6) is 0. The molecule has 0 aromatic rings. The molecule has 0 saturated carbocycles. The number of aliphatic hydroxyl groups excluding tert-OH is 1. The molecule has 0 rings (SSSR count). The molecule has 0 saturated heterocycles. The Hall–Kier alpha value is -0.0800. The van der Waals surface area contributed by atoms with E-state index in [1.165, 1.54) is 25.7 Å². The van der Waals surface area contributed by atoms with Crippen LogP contribution in [0.15, 0.2) is 0 Å². The lowest BCUT2D eigenvalue weighted by molar-refractivity contribution is -0.112. The van der Waals surface area contributed by atoms with Crippen LogP contribution in [0.1, 0.15) is 46.0 Å². The normalized spacial score (nSPS) is 8.67. The predicted molar refractivity (Wildman–Crippen MR) is 52.4 cm³/mol. The van der Waals surface area contributed by atoms with Crippen LogP contribution in [0.3, 0.4) is 0 Å². The SMILES string of the molecule is CCCCCC.O=C(Cl)CCO. The van der Waals surface area contributed by atoms with E-state index in [4.69, 9.17) is 16.7 Å². The van der Waals surface area contributed by atoms with Crippen molar-refractivity contribution in [3.05, 3.63) is 0 Å². The first kappa shape index (κ1) is 14.4. The molecule has 0 amide bonds. The number of halogens is 1. The van der Waals surface area contributed by atoms with E-state index in [2.05, 4.69) is 13.8 Å². The molecule has 2 nitrogen and oxygen atoms in total. The van der Waals surface area contributed by atoms with Crippen LogP contribution < -0.4 is 0 Å². The summed E-state index contributed by atoms with van der Waals surface area (Å²) in [5.41, 5.74) is 0. The van der Waals surface area contributed by atoms with E-state index in [0.29, 0.717) is 0 Å². The monoisotopic (exact) mass is 194 g/mol. The fourth-order valence-electron chi connectivity index (χ4n) is 0.588. The minimum Gasteiger partial charge on any atom is -0.396 e. The number of carbonyl (C=O) groups is 1. The Morgan fingerprint density at radius 2 is 1.67 bits per heavy atom. The molecule has 0 unspecified atom stereocenters. The summed E-state index contributed by atoms with van der Waals surface area (Å²) < 4.78 is 0. The van der Waals surface area contributed by atoms with Gasteiger partial charge in [-0.1, -0.05) is 39.5 Å². The lowest BCUT2D eigenvalue weighted by Crippen LogP contribution is -1.88. The summed E-state index contributed by atoms with van der Waals surface area (Å²) in [6.45, 7) is 4.31. The average molecular weight is 195 g/mol. The Labute approximate surface area is 79.9 Å². The van der Waals surface area contributed by atoms with E-state index >= 15 is 0 Å². The first-order valence-electron chi connectivity index (χ1n) is 4.48. The van der Waals surface area contributed by atoms with Crippen molar-refractivity contribution in [2.45, 2.75) is 46.0 Å². The minimum atomic E-state index is -0.488. The van der Waals surface area contributed by atoms with Gasteiger partial charge < -0.3 is 5.11 Å². The Morgan fingerprint density at radius 1 is 1.25 bits per heavy atom. The van der Waals surface area contributed by atoms with Gasteiger partial charge in [-0.25, -0.2) is 0 Å². The molecule has 0 aromatic heterocycles. The topological polar surface area (TPSA) is 37.3 Å². The molecule has 12 heavy (non-hydrogen) atoms. The van der Waals surface area contributed by atoms with Gasteiger partial charge in [0, 0.05) is 6.42 Å². The molecule has 0 bridgehead atoms. The molecule has 0 atom stereocenters. The van der Waals surface area contributed by atoms with Gasteiger partial charge in [-0.15, -0.1) is 0 Å². The van der Waals surface area contributed by atoms with Crippen LogP contribution in [0.2, 0.25) is 0 Å². The van der Waals surface area contributed by atoms with Gasteiger partial charge in [-0.3, -0.25) is 4.79 Å². The second-order valence-electron chi connectivity index (χ2n) is 2.54. The standard InChI is InChI=1S/C6H14.C3H5ClO2/c1-3-5-6-4-2;4-3(6)1-2-5/h3-6H2,1-2H3;5H,1-2H2. The van der Waals surface area contributed by atoms with E-state index in [0.717, 1.165) is 0 Å². The molecular weight excluding hydrogens is 176 g/mol. The highest BCUT2D eigenvalue weighted by molar-refractivity contribution is 6.63. The van der Waals surface area contributed by atoms with Crippen molar-refractivity contribution < 1.29 is 9.90 Å². The van der Waals surface area contributed by atoms with Gasteiger partial charge in [-0.2, -0.15) is 0 Å². The summed E-state index contributed by atoms with van der Waals surface area (Å²) >= 11 is 4.78. The first-order chi connectivity index (χ1) is 5.68. The van der Waals surface area contributed by atoms with E-state index in [1.807, 2.05) is 0 Å². The molecule has 0 spiro atoms. The average Bonchev–Trinajstić information content (AvgIpc) is 2.02. The van der Waals surface area contributed by atoms with Crippen LogP contribution in [0.25, 0.3) is 0 Å². The number of hydrogen-bond donors (Lipinski definition) is 1. The molecule has 1 N–H and O–H groups in total. The van der Waals surface area contributed by atoms with Crippen molar-refractivity contribution in [2.75, 3.05) is 6.61 Å². The zero-order chi connectivity index (χ0) is 9.82. The van der Waals surface area contributed by atoms with Gasteiger partial charge in [0.15, 0.2) is 0 Å². The van der Waals surface area contributed by atoms with Gasteiger partial charge in [0.2, 0.25) is 5.24 Å². The molecule has 0 aromatic carbocycles. The quantitative estimate of drug-likeness (QED) is 0.540. The molecule has 0 radical (unpaired) electrons. The van der Waals surface area contributed by atoms with Crippen molar-refractivity contribution >= 4 is 16.8 Å². The molecule has 0 aliphatic rings. The van der Waals surface area contributed by atoms with Crippen LogP contribution in [-0.2, 0) is 4.79 Å². The fraction of sp³-hybridized carbons (Fsp3) is 0.889. The third kappa shape index (κ3) is 22.5. The number of carbonyl (C=O) groups excluding carboxylic acids is 1. The van der Waals surface area contributed by atoms with Crippen molar-refractivity contribution in [3.63, 3.8) is 0 Å². The zero-order valence-electron chi connectivity index (χ0n) is 7.98. The number of unbranched alkanes of at least 4 members (excludes halogenated alkanes) is 3. The summed E-state index contributed by atoms with van der Waals surface area (Å²) in [6.07, 6.45) is 5.59. The Morgan fingerprint density at radius 3 is 1.75 bits per heavy atom. The number of rotatable bonds is 5. The second kappa shape index (κ2) is 13.5. The Kier molecular flexibility index (Phi) is 16.3. The van der Waals surface area contributed by atoms with Crippen molar-refractivity contribution in [1.29, 1.82) is 0 Å². The summed E-state index contributed by atoms with van der Waals surface area (Å²) in [7, 11) is 0. The second-order valence-corrected chi connectivity index (χ2v) is 2.96. The van der Waals surface area contributed by atoms with Gasteiger partial charge in [-0.05, 0) is 11.6 Å². The minimum absolute atomic E-state index is 0.0571. The maximum atomic E-state index is 9.65. The number of aliphatic hydroxyl groups is 1. The van der Waals surface area contributed by atoms with Crippen molar-refractivity contribution in [1.82, 2.24) is 0 Å². The Bertz CT molecular complexity index is 90.5. The smallest absolute Gasteiger partial charge is 0.223 e. The lowest BCUT2D eigenvalue weighted by atomic mass is 10.2. The van der Waals surface area contributed by atoms with Crippen molar-refractivity contribution in [3.8, 4) is 0 Å². The van der Waals surface area contributed by atoms with Gasteiger partial charge >= 0.3 is 0 Å². The van der Waals surface area contributed by atoms with Crippen LogP contribution in [0.5, 0.6) is 0 Å². The van der Waals surface area contributed by atoms with E-state index in [-0.39, 0.29) is 13.0 Å². The van der Waals surface area contributed by atoms with Crippen LogP contribution in [0.4, 0.5) is 0 Å². The molecule has 0 aliphatic carbocycles. The first-order valence-corrected chi connectivity index (χ1v) is 4.86. The fourth-order valence-corrected chi connectivity index (χ4v) is 0.672. The molecule has 3 heteroatoms. The largest absolute Gasteiger partial charge is 0.396 e. The predicted octanol–water partition coefficient (Wildman–Crippen LogP) is 2.72. The van der Waals surface area contributed by atoms with Gasteiger partial charge in [0.25, 0.3) is 0 Å². The maximum absolute atomic E-state index is 9.65. The molecule has 74 valence electrons. The highest BCUT2D eigenvalue weighted by atomic mass is 35.5. The lowest BCUT2D eigenvalue weighted by Gasteiger charge is -1.86. The van der Waals surface area contributed by atoms with Crippen molar-refractivity contribution in [2.24, 2.45) is 0 Å². The molecule has 0 heterocycles. The van der Waals surface area contributed by atoms with Crippen LogP contribution in [0, 0.1) is 0 Å². The summed E-state index contributed by atoms with van der Waals surface area (Å²) in [5, 5.41) is 7.44. The Balaban J connectivity index is 0. The highest BCUT2D eigenvalue weighted by Gasteiger charge is 1.88. The molecule has 0 aliphatic heterocycles. The van der Waals surface area contributed by atoms with Crippen LogP contribution >= 0.6 is 11.6 Å². The highest BCUT2D eigenvalue weighted by Crippen LogP contribution is 1.95. The number of hydrogen-bond acceptors (Lipinski definition) is 2. The summed E-state index contributed by atoms with van der Waals surface area (Å²) in [6, 6.07) is 0. The van der Waals surface area contributed by atoms with Crippen LogP contribution in [-0.4, -0.2) is 17.0 Å². The third-order valence-electron chi connectivity index (χ3n) is 1.27. The van der Waals surface area contributed by atoms with E-state index < -0.39 is 5.24 Å². The molecule has 0 fully saturated rings. The molecular formula is C9H19ClO2. The van der Waals surface area contributed by atoms with E-state index in [1.54, 1.807) is 0 Å². The summed E-state index contributed by atoms with van der Waals surface area (Å²) in [4.78, 5) is 9.65. The third-order valence-corrected chi connectivity index (χ3v) is 1.45. The zero-order valence-corrected chi connectivity index (χ0v) is 8.73. The van der Waals surface area contributed by atoms with E-state index in [9.17, 15) is 4.79 Å². The van der Waals surface area contributed by atoms with Gasteiger partial charge in [0.05, 0.1) is 6.61 Å². The maximum Gasteiger partial charge on any atom is 0.223 e. The van der Waals surface area contributed by atoms with Gasteiger partial charge in [0.1, 0.15) is 0 Å².